The van der Waals surface area contributed by atoms with Crippen LogP contribution in [-0.4, -0.2) is 36.7 Å². The largest absolute Gasteiger partial charge is 0.314 e. The molecule has 0 aliphatic carbocycles. The third-order valence-electron chi connectivity index (χ3n) is 2.19. The van der Waals surface area contributed by atoms with Gasteiger partial charge in [-0.25, -0.2) is 0 Å². The summed E-state index contributed by atoms with van der Waals surface area (Å²) in [5.41, 5.74) is 0. The van der Waals surface area contributed by atoms with E-state index in [9.17, 15) is 0 Å². The van der Waals surface area contributed by atoms with Crippen molar-refractivity contribution < 1.29 is 0 Å². The number of fused-ring (bicyclic) bond motifs is 2. The number of rotatable bonds is 0. The summed E-state index contributed by atoms with van der Waals surface area (Å²) in [6.07, 6.45) is 1.37. The molecule has 10 heavy (non-hydrogen) atoms. The lowest BCUT2D eigenvalue weighted by Crippen LogP contribution is -2.39. The first-order valence-corrected chi connectivity index (χ1v) is 5.06. The monoisotopic (exact) mass is 158 g/mol. The first kappa shape index (κ1) is 6.95. The molecule has 2 fully saturated rings. The highest BCUT2D eigenvalue weighted by atomic mass is 32.2. The summed E-state index contributed by atoms with van der Waals surface area (Å²) < 4.78 is 0. The van der Waals surface area contributed by atoms with Crippen molar-refractivity contribution in [1.29, 1.82) is 0 Å². The molecule has 2 atom stereocenters. The van der Waals surface area contributed by atoms with Gasteiger partial charge in [0.05, 0.1) is 0 Å². The molecule has 2 nitrogen and oxygen atoms in total. The van der Waals surface area contributed by atoms with Crippen LogP contribution in [0.5, 0.6) is 0 Å². The van der Waals surface area contributed by atoms with E-state index in [0.29, 0.717) is 0 Å². The lowest BCUT2D eigenvalue weighted by atomic mass is 10.1. The Hall–Kier alpha value is 0.270. The van der Waals surface area contributed by atoms with Gasteiger partial charge in [0.15, 0.2) is 0 Å². The normalized spacial score (nSPS) is 40.8. The van der Waals surface area contributed by atoms with E-state index in [1.165, 1.54) is 18.7 Å². The van der Waals surface area contributed by atoms with Crippen molar-refractivity contribution in [3.63, 3.8) is 0 Å². The molecule has 2 rings (SSSR count). The maximum absolute atomic E-state index is 3.53. The second-order valence-corrected chi connectivity index (χ2v) is 4.38. The fourth-order valence-electron chi connectivity index (χ4n) is 1.62. The summed E-state index contributed by atoms with van der Waals surface area (Å²) in [4.78, 5) is 0. The minimum Gasteiger partial charge on any atom is -0.314 e. The van der Waals surface area contributed by atoms with Crippen molar-refractivity contribution >= 4 is 11.8 Å². The quantitative estimate of drug-likeness (QED) is 0.521. The fraction of sp³-hybridized carbons (Fsp3) is 1.00. The Morgan fingerprint density at radius 3 is 3.30 bits per heavy atom. The smallest absolute Gasteiger partial charge is 0.0188 e. The number of hydrogen-bond acceptors (Lipinski definition) is 3. The SMILES string of the molecule is C1CNC2CSC(CN1)C2. The number of thioether (sulfide) groups is 1. The van der Waals surface area contributed by atoms with Crippen LogP contribution in [-0.2, 0) is 0 Å². The standard InChI is InChI=1S/C7H14N2S/c1-2-9-6-3-7(4-8-1)10-5-6/h6-9H,1-5H2. The van der Waals surface area contributed by atoms with Gasteiger partial charge in [-0.3, -0.25) is 0 Å². The van der Waals surface area contributed by atoms with E-state index in [1.54, 1.807) is 0 Å². The van der Waals surface area contributed by atoms with Gasteiger partial charge in [0.25, 0.3) is 0 Å². The highest BCUT2D eigenvalue weighted by molar-refractivity contribution is 8.00. The average Bonchev–Trinajstić information content (AvgIpc) is 2.30. The molecule has 2 aliphatic heterocycles. The maximum Gasteiger partial charge on any atom is 0.0188 e. The summed E-state index contributed by atoms with van der Waals surface area (Å²) in [6, 6.07) is 0.817. The van der Waals surface area contributed by atoms with Crippen molar-refractivity contribution in [2.45, 2.75) is 17.7 Å². The molecule has 2 unspecified atom stereocenters. The van der Waals surface area contributed by atoms with Crippen molar-refractivity contribution in [1.82, 2.24) is 10.6 Å². The molecule has 0 radical (unpaired) electrons. The van der Waals surface area contributed by atoms with E-state index >= 15 is 0 Å². The van der Waals surface area contributed by atoms with Crippen LogP contribution in [0.2, 0.25) is 0 Å². The van der Waals surface area contributed by atoms with E-state index in [-0.39, 0.29) is 0 Å². The number of nitrogens with one attached hydrogen (secondary N) is 2. The Kier molecular flexibility index (Phi) is 2.16. The van der Waals surface area contributed by atoms with Gasteiger partial charge < -0.3 is 10.6 Å². The summed E-state index contributed by atoms with van der Waals surface area (Å²) in [7, 11) is 0. The molecule has 0 aromatic carbocycles. The fourth-order valence-corrected chi connectivity index (χ4v) is 2.98. The van der Waals surface area contributed by atoms with Gasteiger partial charge in [0.2, 0.25) is 0 Å². The van der Waals surface area contributed by atoms with Crippen LogP contribution >= 0.6 is 11.8 Å². The summed E-state index contributed by atoms with van der Waals surface area (Å²) in [6.45, 7) is 3.52. The van der Waals surface area contributed by atoms with E-state index < -0.39 is 0 Å². The highest BCUT2D eigenvalue weighted by Gasteiger charge is 2.25. The predicted octanol–water partition coefficient (Wildman–Crippen LogP) is 0.0533. The summed E-state index contributed by atoms with van der Waals surface area (Å²) >= 11 is 2.11. The minimum absolute atomic E-state index is 0.817. The van der Waals surface area contributed by atoms with Crippen LogP contribution in [0.15, 0.2) is 0 Å². The molecular formula is C7H14N2S. The molecular weight excluding hydrogens is 144 g/mol. The zero-order valence-electron chi connectivity index (χ0n) is 6.10. The van der Waals surface area contributed by atoms with Gasteiger partial charge in [-0.05, 0) is 6.42 Å². The van der Waals surface area contributed by atoms with Crippen LogP contribution < -0.4 is 10.6 Å². The topological polar surface area (TPSA) is 24.1 Å². The van der Waals surface area contributed by atoms with Crippen molar-refractivity contribution in [2.75, 3.05) is 25.4 Å². The number of hydrogen-bond donors (Lipinski definition) is 2. The Bertz CT molecular complexity index is 106. The Labute approximate surface area is 66.1 Å². The molecule has 0 amide bonds. The van der Waals surface area contributed by atoms with Crippen molar-refractivity contribution in [2.24, 2.45) is 0 Å². The summed E-state index contributed by atoms with van der Waals surface area (Å²) in [5.74, 6) is 1.33. The van der Waals surface area contributed by atoms with Crippen molar-refractivity contribution in [3.05, 3.63) is 0 Å². The average molecular weight is 158 g/mol. The zero-order chi connectivity index (χ0) is 6.81. The van der Waals surface area contributed by atoms with Crippen LogP contribution in [0.25, 0.3) is 0 Å². The Balaban J connectivity index is 1.91. The Morgan fingerprint density at radius 2 is 2.30 bits per heavy atom. The van der Waals surface area contributed by atoms with E-state index in [2.05, 4.69) is 22.4 Å². The highest BCUT2D eigenvalue weighted by Crippen LogP contribution is 2.26. The third kappa shape index (κ3) is 1.47. The molecule has 0 aromatic rings. The molecule has 2 N–H and O–H groups in total. The first-order valence-electron chi connectivity index (χ1n) is 4.01. The van der Waals surface area contributed by atoms with Gasteiger partial charge in [-0.2, -0.15) is 11.8 Å². The van der Waals surface area contributed by atoms with Gasteiger partial charge >= 0.3 is 0 Å². The minimum atomic E-state index is 0.817. The van der Waals surface area contributed by atoms with Gasteiger partial charge in [0.1, 0.15) is 0 Å². The van der Waals surface area contributed by atoms with Gasteiger partial charge in [-0.1, -0.05) is 0 Å². The van der Waals surface area contributed by atoms with Crippen molar-refractivity contribution in [3.8, 4) is 0 Å². The van der Waals surface area contributed by atoms with Crippen LogP contribution in [0.3, 0.4) is 0 Å². The molecule has 0 aromatic heterocycles. The van der Waals surface area contributed by atoms with Crippen LogP contribution in [0, 0.1) is 0 Å². The molecule has 0 spiro atoms. The van der Waals surface area contributed by atoms with E-state index in [4.69, 9.17) is 0 Å². The third-order valence-corrected chi connectivity index (χ3v) is 3.61. The molecule has 3 heteroatoms. The van der Waals surface area contributed by atoms with E-state index in [1.807, 2.05) is 0 Å². The molecule has 2 aliphatic rings. The first-order chi connectivity index (χ1) is 4.95. The van der Waals surface area contributed by atoms with E-state index in [0.717, 1.165) is 24.4 Å². The molecule has 2 bridgehead atoms. The maximum atomic E-state index is 3.53. The molecule has 0 saturated carbocycles. The molecule has 58 valence electrons. The van der Waals surface area contributed by atoms with Gasteiger partial charge in [0, 0.05) is 36.7 Å². The zero-order valence-corrected chi connectivity index (χ0v) is 6.91. The Morgan fingerprint density at radius 1 is 1.30 bits per heavy atom. The second-order valence-electron chi connectivity index (χ2n) is 3.05. The van der Waals surface area contributed by atoms with Crippen LogP contribution in [0.4, 0.5) is 0 Å². The molecule has 2 saturated heterocycles. The van der Waals surface area contributed by atoms with Gasteiger partial charge in [-0.15, -0.1) is 0 Å². The van der Waals surface area contributed by atoms with Crippen LogP contribution in [0.1, 0.15) is 6.42 Å². The molecule has 2 heterocycles. The second kappa shape index (κ2) is 3.11. The lowest BCUT2D eigenvalue weighted by molar-refractivity contribution is 0.477. The lowest BCUT2D eigenvalue weighted by Gasteiger charge is -2.16. The predicted molar refractivity (Wildman–Crippen MR) is 45.5 cm³/mol. The summed E-state index contributed by atoms with van der Waals surface area (Å²) in [5, 5.41) is 7.85.